The Balaban J connectivity index is 2.47. The number of hydrogen-bond donors (Lipinski definition) is 1. The van der Waals surface area contributed by atoms with E-state index in [2.05, 4.69) is 10.3 Å². The summed E-state index contributed by atoms with van der Waals surface area (Å²) in [6.07, 6.45) is 1.43. The summed E-state index contributed by atoms with van der Waals surface area (Å²) in [5, 5.41) is 3.51. The third-order valence-corrected chi connectivity index (χ3v) is 4.29. The van der Waals surface area contributed by atoms with Gasteiger partial charge in [-0.05, 0) is 0 Å². The molecule has 0 fully saturated rings. The van der Waals surface area contributed by atoms with Gasteiger partial charge in [0, 0.05) is 32.5 Å². The van der Waals surface area contributed by atoms with Gasteiger partial charge in [0.15, 0.2) is 5.82 Å². The highest BCUT2D eigenvalue weighted by atomic mass is 35.5. The predicted molar refractivity (Wildman–Crippen MR) is 103 cm³/mol. The molecule has 0 amide bonds. The topological polar surface area (TPSA) is 74.6 Å². The van der Waals surface area contributed by atoms with Gasteiger partial charge in [-0.15, -0.1) is 0 Å². The van der Waals surface area contributed by atoms with Crippen molar-refractivity contribution in [2.24, 2.45) is 0 Å². The maximum absolute atomic E-state index is 12.8. The Morgan fingerprint density at radius 3 is 2.19 bits per heavy atom. The Labute approximate surface area is 165 Å². The van der Waals surface area contributed by atoms with E-state index in [0.717, 1.165) is 0 Å². The second-order valence-corrected chi connectivity index (χ2v) is 6.48. The molecular weight excluding hydrogens is 405 g/mol. The van der Waals surface area contributed by atoms with Crippen molar-refractivity contribution in [3.8, 4) is 5.75 Å². The largest absolute Gasteiger partial charge is 0.497 e. The smallest absolute Gasteiger partial charge is 0.294 e. The summed E-state index contributed by atoms with van der Waals surface area (Å²) in [6.45, 7) is 0.523. The molecule has 7 nitrogen and oxygen atoms in total. The van der Waals surface area contributed by atoms with E-state index in [9.17, 15) is 4.79 Å². The van der Waals surface area contributed by atoms with Crippen molar-refractivity contribution in [3.05, 3.63) is 43.9 Å². The van der Waals surface area contributed by atoms with Gasteiger partial charge in [0.2, 0.25) is 0 Å². The van der Waals surface area contributed by atoms with Crippen LogP contribution in [-0.2, 0) is 9.47 Å². The number of nitrogens with zero attached hydrogens (tertiary/aromatic N) is 2. The average molecular weight is 423 g/mol. The first-order chi connectivity index (χ1) is 12.4. The van der Waals surface area contributed by atoms with Crippen LogP contribution in [0, 0.1) is 0 Å². The molecular formula is C16H18Cl3N3O4. The Kier molecular flexibility index (Phi) is 7.55. The Hall–Kier alpha value is -1.51. The first-order valence-electron chi connectivity index (χ1n) is 7.47. The van der Waals surface area contributed by atoms with Crippen LogP contribution >= 0.6 is 34.8 Å². The van der Waals surface area contributed by atoms with Crippen LogP contribution < -0.4 is 15.6 Å². The zero-order valence-electron chi connectivity index (χ0n) is 14.4. The Morgan fingerprint density at radius 2 is 1.69 bits per heavy atom. The fourth-order valence-electron chi connectivity index (χ4n) is 2.33. The highest BCUT2D eigenvalue weighted by Gasteiger charge is 2.18. The zero-order chi connectivity index (χ0) is 19.3. The maximum atomic E-state index is 12.8. The molecule has 0 saturated carbocycles. The van der Waals surface area contributed by atoms with Crippen LogP contribution in [0.5, 0.6) is 5.75 Å². The van der Waals surface area contributed by atoms with Crippen molar-refractivity contribution in [2.75, 3.05) is 39.9 Å². The lowest BCUT2D eigenvalue weighted by atomic mass is 10.3. The first kappa shape index (κ1) is 20.8. The minimum Gasteiger partial charge on any atom is -0.497 e. The quantitative estimate of drug-likeness (QED) is 0.697. The number of methoxy groups -OCH3 is 3. The minimum atomic E-state index is -0.420. The third-order valence-electron chi connectivity index (χ3n) is 3.51. The van der Waals surface area contributed by atoms with E-state index in [0.29, 0.717) is 11.4 Å². The normalized spacial score (nSPS) is 11.0. The monoisotopic (exact) mass is 421 g/mol. The molecule has 1 N–H and O–H groups in total. The van der Waals surface area contributed by atoms with Crippen LogP contribution in [0.1, 0.15) is 6.04 Å². The van der Waals surface area contributed by atoms with Crippen molar-refractivity contribution < 1.29 is 14.2 Å². The number of nitrogens with one attached hydrogen (secondary N) is 1. The lowest BCUT2D eigenvalue weighted by Crippen LogP contribution is -2.32. The summed E-state index contributed by atoms with van der Waals surface area (Å²) in [7, 11) is 4.57. The predicted octanol–water partition coefficient (Wildman–Crippen LogP) is 3.79. The van der Waals surface area contributed by atoms with Gasteiger partial charge in [-0.1, -0.05) is 34.8 Å². The summed E-state index contributed by atoms with van der Waals surface area (Å²) in [5.41, 5.74) is -0.0981. The molecule has 0 saturated heterocycles. The minimum absolute atomic E-state index is 0.0244. The molecule has 0 spiro atoms. The number of hydrogen-bond acceptors (Lipinski definition) is 6. The molecule has 142 valence electrons. The molecule has 2 rings (SSSR count). The molecule has 0 bridgehead atoms. The van der Waals surface area contributed by atoms with Gasteiger partial charge in [-0.3, -0.25) is 4.79 Å². The van der Waals surface area contributed by atoms with Crippen LogP contribution in [-0.4, -0.2) is 44.1 Å². The second-order valence-electron chi connectivity index (χ2n) is 5.28. The lowest BCUT2D eigenvalue weighted by molar-refractivity contribution is 0.0879. The summed E-state index contributed by atoms with van der Waals surface area (Å²) in [6, 6.07) is 2.76. The molecule has 1 heterocycles. The van der Waals surface area contributed by atoms with Crippen LogP contribution in [0.15, 0.2) is 23.1 Å². The van der Waals surface area contributed by atoms with Crippen molar-refractivity contribution in [1.29, 1.82) is 0 Å². The number of benzene rings is 1. The maximum Gasteiger partial charge on any atom is 0.294 e. The van der Waals surface area contributed by atoms with E-state index < -0.39 is 5.56 Å². The number of anilines is 2. The van der Waals surface area contributed by atoms with Crippen LogP contribution in [0.3, 0.4) is 0 Å². The van der Waals surface area contributed by atoms with Crippen LogP contribution in [0.4, 0.5) is 11.5 Å². The molecule has 26 heavy (non-hydrogen) atoms. The molecule has 1 aromatic carbocycles. The standard InChI is InChI=1S/C16H18Cl3N3O4/c1-24-7-9(8-25-2)22-6-13(19)20-15(16(22)23)21-14-11(17)4-10(26-3)5-12(14)18/h4-6,9H,7-8H2,1-3H3,(H,20,21). The van der Waals surface area contributed by atoms with Crippen molar-refractivity contribution in [3.63, 3.8) is 0 Å². The lowest BCUT2D eigenvalue weighted by Gasteiger charge is -2.19. The fraction of sp³-hybridized carbons (Fsp3) is 0.375. The first-order valence-corrected chi connectivity index (χ1v) is 8.61. The number of halogens is 3. The van der Waals surface area contributed by atoms with Gasteiger partial charge in [0.1, 0.15) is 10.9 Å². The fourth-order valence-corrected chi connectivity index (χ4v) is 3.08. The van der Waals surface area contributed by atoms with Crippen LogP contribution in [0.25, 0.3) is 0 Å². The molecule has 0 aliphatic carbocycles. The summed E-state index contributed by atoms with van der Waals surface area (Å²) < 4.78 is 16.8. The van der Waals surface area contributed by atoms with E-state index in [1.165, 1.54) is 32.1 Å². The molecule has 10 heteroatoms. The average Bonchev–Trinajstić information content (AvgIpc) is 2.60. The van der Waals surface area contributed by atoms with Crippen LogP contribution in [0.2, 0.25) is 15.2 Å². The highest BCUT2D eigenvalue weighted by molar-refractivity contribution is 6.39. The van der Waals surface area contributed by atoms with E-state index in [1.807, 2.05) is 0 Å². The molecule has 0 aliphatic heterocycles. The van der Waals surface area contributed by atoms with Gasteiger partial charge in [-0.2, -0.15) is 0 Å². The van der Waals surface area contributed by atoms with Gasteiger partial charge in [-0.25, -0.2) is 4.98 Å². The van der Waals surface area contributed by atoms with Crippen molar-refractivity contribution >= 4 is 46.3 Å². The summed E-state index contributed by atoms with van der Waals surface area (Å²) >= 11 is 18.5. The van der Waals surface area contributed by atoms with Gasteiger partial charge < -0.3 is 24.1 Å². The van der Waals surface area contributed by atoms with Gasteiger partial charge in [0.25, 0.3) is 5.56 Å². The van der Waals surface area contributed by atoms with E-state index in [4.69, 9.17) is 49.0 Å². The zero-order valence-corrected chi connectivity index (χ0v) is 16.7. The number of ether oxygens (including phenoxy) is 3. The molecule has 0 aliphatic rings. The van der Waals surface area contributed by atoms with E-state index in [1.54, 1.807) is 12.1 Å². The van der Waals surface area contributed by atoms with Crippen molar-refractivity contribution in [2.45, 2.75) is 6.04 Å². The van der Waals surface area contributed by atoms with E-state index in [-0.39, 0.29) is 40.3 Å². The summed E-state index contributed by atoms with van der Waals surface area (Å²) in [5.74, 6) is 0.464. The van der Waals surface area contributed by atoms with Gasteiger partial charge >= 0.3 is 0 Å². The van der Waals surface area contributed by atoms with Gasteiger partial charge in [0.05, 0.1) is 42.1 Å². The molecule has 0 atom stereocenters. The Morgan fingerprint density at radius 1 is 1.12 bits per heavy atom. The molecule has 1 aromatic heterocycles. The Bertz CT molecular complexity index is 800. The summed E-state index contributed by atoms with van der Waals surface area (Å²) in [4.78, 5) is 16.9. The second kappa shape index (κ2) is 9.43. The highest BCUT2D eigenvalue weighted by Crippen LogP contribution is 2.36. The number of rotatable bonds is 8. The third kappa shape index (κ3) is 4.81. The van der Waals surface area contributed by atoms with Crippen molar-refractivity contribution in [1.82, 2.24) is 9.55 Å². The molecule has 2 aromatic rings. The molecule has 0 radical (unpaired) electrons. The molecule has 0 unspecified atom stereocenters. The SMILES string of the molecule is COCC(COC)n1cc(Cl)nc(Nc2c(Cl)cc(OC)cc2Cl)c1=O. The van der Waals surface area contributed by atoms with E-state index >= 15 is 0 Å². The number of aromatic nitrogens is 2.